The number of aryl methyl sites for hydroxylation is 3. The van der Waals surface area contributed by atoms with Crippen LogP contribution < -0.4 is 10.2 Å². The fourth-order valence-electron chi connectivity index (χ4n) is 5.32. The molecule has 7 heteroatoms. The maximum atomic E-state index is 13.8. The fourth-order valence-corrected chi connectivity index (χ4v) is 5.32. The number of carboxylic acid groups (broad SMARTS) is 1. The van der Waals surface area contributed by atoms with Gasteiger partial charge < -0.3 is 10.4 Å². The van der Waals surface area contributed by atoms with Crippen molar-refractivity contribution in [2.24, 2.45) is 5.92 Å². The maximum Gasteiger partial charge on any atom is 0.305 e. The number of carbonyl (C=O) groups is 3. The lowest BCUT2D eigenvalue weighted by Crippen LogP contribution is -2.52. The average molecular weight is 514 g/mol. The lowest BCUT2D eigenvalue weighted by atomic mass is 9.93. The Balaban J connectivity index is 1.69. The molecule has 0 aliphatic carbocycles. The van der Waals surface area contributed by atoms with Gasteiger partial charge in [-0.1, -0.05) is 50.2 Å². The molecule has 0 saturated carbocycles. The normalized spacial score (nSPS) is 14.7. The summed E-state index contributed by atoms with van der Waals surface area (Å²) in [5.74, 6) is -1.36. The number of anilines is 1. The zero-order valence-electron chi connectivity index (χ0n) is 22.4. The zero-order chi connectivity index (χ0) is 27.4. The Morgan fingerprint density at radius 1 is 1.03 bits per heavy atom. The van der Waals surface area contributed by atoms with Gasteiger partial charge in [-0.25, -0.2) is 0 Å². The fraction of sp³-hybridized carbons (Fsp3) is 0.355. The number of pyridine rings is 1. The molecule has 1 aliphatic rings. The first-order valence-electron chi connectivity index (χ1n) is 13.1. The summed E-state index contributed by atoms with van der Waals surface area (Å²) in [6.07, 6.45) is 4.47. The average Bonchev–Trinajstić information content (AvgIpc) is 2.87. The van der Waals surface area contributed by atoms with Gasteiger partial charge in [-0.2, -0.15) is 0 Å². The smallest absolute Gasteiger partial charge is 0.305 e. The predicted molar refractivity (Wildman–Crippen MR) is 148 cm³/mol. The minimum absolute atomic E-state index is 0.0991. The molecule has 198 valence electrons. The molecule has 1 aromatic heterocycles. The van der Waals surface area contributed by atoms with Crippen molar-refractivity contribution >= 4 is 23.5 Å². The van der Waals surface area contributed by atoms with Crippen molar-refractivity contribution in [1.29, 1.82) is 0 Å². The Labute approximate surface area is 223 Å². The minimum atomic E-state index is -1.03. The van der Waals surface area contributed by atoms with Crippen LogP contribution in [0.25, 0.3) is 11.1 Å². The van der Waals surface area contributed by atoms with E-state index in [4.69, 9.17) is 0 Å². The minimum Gasteiger partial charge on any atom is -0.481 e. The van der Waals surface area contributed by atoms with Gasteiger partial charge in [0.15, 0.2) is 0 Å². The lowest BCUT2D eigenvalue weighted by Gasteiger charge is -2.36. The summed E-state index contributed by atoms with van der Waals surface area (Å²) < 4.78 is 0. The third-order valence-electron chi connectivity index (χ3n) is 7.06. The Morgan fingerprint density at radius 2 is 1.74 bits per heavy atom. The number of fused-ring (bicyclic) bond motifs is 1. The van der Waals surface area contributed by atoms with Crippen LogP contribution in [0.15, 0.2) is 60.9 Å². The van der Waals surface area contributed by atoms with Crippen LogP contribution in [0.4, 0.5) is 5.69 Å². The number of amides is 2. The van der Waals surface area contributed by atoms with Crippen LogP contribution >= 0.6 is 0 Å². The van der Waals surface area contributed by atoms with E-state index in [0.29, 0.717) is 24.8 Å². The number of carbonyl (C=O) groups excluding carboxylic acids is 2. The zero-order valence-corrected chi connectivity index (χ0v) is 22.4. The highest BCUT2D eigenvalue weighted by Crippen LogP contribution is 2.32. The van der Waals surface area contributed by atoms with Crippen LogP contribution in [0, 0.1) is 19.8 Å². The Hall–Kier alpha value is -4.00. The van der Waals surface area contributed by atoms with Crippen molar-refractivity contribution in [2.75, 3.05) is 4.90 Å². The molecule has 2 unspecified atom stereocenters. The number of carboxylic acids is 1. The third-order valence-corrected chi connectivity index (χ3v) is 7.06. The molecule has 0 saturated heterocycles. The van der Waals surface area contributed by atoms with Crippen molar-refractivity contribution in [3.8, 4) is 11.1 Å². The lowest BCUT2D eigenvalue weighted by molar-refractivity contribution is -0.138. The maximum absolute atomic E-state index is 13.8. The van der Waals surface area contributed by atoms with E-state index in [1.54, 1.807) is 17.3 Å². The Morgan fingerprint density at radius 3 is 2.42 bits per heavy atom. The molecule has 2 amide bonds. The summed E-state index contributed by atoms with van der Waals surface area (Å²) in [5, 5.41) is 12.7. The monoisotopic (exact) mass is 513 g/mol. The number of rotatable bonds is 9. The number of hydrogen-bond donors (Lipinski definition) is 2. The first-order chi connectivity index (χ1) is 18.2. The molecule has 38 heavy (non-hydrogen) atoms. The van der Waals surface area contributed by atoms with Crippen LogP contribution in [-0.4, -0.2) is 33.9 Å². The molecule has 4 rings (SSSR count). The van der Waals surface area contributed by atoms with Gasteiger partial charge in [-0.15, -0.1) is 0 Å². The van der Waals surface area contributed by atoms with E-state index < -0.39 is 18.1 Å². The number of aromatic nitrogens is 1. The van der Waals surface area contributed by atoms with Gasteiger partial charge in [0.25, 0.3) is 0 Å². The van der Waals surface area contributed by atoms with Crippen LogP contribution in [0.3, 0.4) is 0 Å². The van der Waals surface area contributed by atoms with E-state index in [-0.39, 0.29) is 24.2 Å². The van der Waals surface area contributed by atoms with Gasteiger partial charge in [0.1, 0.15) is 6.04 Å². The van der Waals surface area contributed by atoms with Crippen LogP contribution in [0.1, 0.15) is 61.4 Å². The van der Waals surface area contributed by atoms with Gasteiger partial charge in [-0.05, 0) is 72.6 Å². The van der Waals surface area contributed by atoms with E-state index in [9.17, 15) is 19.5 Å². The highest BCUT2D eigenvalue weighted by Gasteiger charge is 2.36. The number of benzene rings is 2. The van der Waals surface area contributed by atoms with E-state index in [2.05, 4.69) is 10.3 Å². The summed E-state index contributed by atoms with van der Waals surface area (Å²) in [6.45, 7) is 8.06. The third kappa shape index (κ3) is 5.93. The number of hydrogen-bond acceptors (Lipinski definition) is 4. The molecule has 0 bridgehead atoms. The largest absolute Gasteiger partial charge is 0.481 e. The first kappa shape index (κ1) is 27.0. The summed E-state index contributed by atoms with van der Waals surface area (Å²) in [5.41, 5.74) is 6.45. The van der Waals surface area contributed by atoms with Crippen molar-refractivity contribution in [2.45, 2.75) is 65.5 Å². The van der Waals surface area contributed by atoms with Gasteiger partial charge in [0, 0.05) is 30.1 Å². The van der Waals surface area contributed by atoms with Crippen LogP contribution in [0.5, 0.6) is 0 Å². The molecule has 2 aromatic carbocycles. The molecule has 1 aliphatic heterocycles. The van der Waals surface area contributed by atoms with Gasteiger partial charge >= 0.3 is 5.97 Å². The molecule has 0 radical (unpaired) electrons. The predicted octanol–water partition coefficient (Wildman–Crippen LogP) is 5.39. The summed E-state index contributed by atoms with van der Waals surface area (Å²) in [4.78, 5) is 44.8. The molecule has 2 atom stereocenters. The van der Waals surface area contributed by atoms with Crippen molar-refractivity contribution in [3.63, 3.8) is 0 Å². The van der Waals surface area contributed by atoms with Crippen LogP contribution in [0.2, 0.25) is 0 Å². The number of nitrogens with zero attached hydrogens (tertiary/aromatic N) is 2. The molecule has 0 fully saturated rings. The second kappa shape index (κ2) is 11.6. The highest BCUT2D eigenvalue weighted by atomic mass is 16.4. The first-order valence-corrected chi connectivity index (χ1v) is 13.1. The molecule has 0 spiro atoms. The number of aliphatic carboxylic acids is 1. The molecule has 2 heterocycles. The van der Waals surface area contributed by atoms with E-state index in [1.165, 1.54) is 0 Å². The quantitative estimate of drug-likeness (QED) is 0.400. The van der Waals surface area contributed by atoms with Crippen LogP contribution in [-0.2, 0) is 20.8 Å². The van der Waals surface area contributed by atoms with Crippen molar-refractivity contribution in [3.05, 3.63) is 83.2 Å². The molecular formula is C31H35N3O4. The van der Waals surface area contributed by atoms with E-state index in [0.717, 1.165) is 33.5 Å². The van der Waals surface area contributed by atoms with Gasteiger partial charge in [0.2, 0.25) is 11.8 Å². The van der Waals surface area contributed by atoms with E-state index >= 15 is 0 Å². The van der Waals surface area contributed by atoms with Gasteiger partial charge in [0.05, 0.1) is 12.5 Å². The summed E-state index contributed by atoms with van der Waals surface area (Å²) in [7, 11) is 0. The number of para-hydroxylation sites is 1. The Bertz CT molecular complexity index is 1330. The van der Waals surface area contributed by atoms with E-state index in [1.807, 2.05) is 76.2 Å². The highest BCUT2D eigenvalue weighted by molar-refractivity contribution is 6.03. The topological polar surface area (TPSA) is 99.6 Å². The second-order valence-corrected chi connectivity index (χ2v) is 10.5. The standard InChI is InChI=1S/C31H35N3O4/c1-19(2)14-27(34-26-11-6-5-10-22(26)12-13-28(34)35)31(38)33-25(16-29(36)37)23-15-24(18-32-17-23)30-20(3)8-7-9-21(30)4/h5-11,15,17-19,25,27H,12-14,16H2,1-4H3,(H,33,38)(H,36,37). The second-order valence-electron chi connectivity index (χ2n) is 10.5. The molecular weight excluding hydrogens is 478 g/mol. The van der Waals surface area contributed by atoms with Gasteiger partial charge in [-0.3, -0.25) is 24.3 Å². The summed E-state index contributed by atoms with van der Waals surface area (Å²) in [6, 6.07) is 14.0. The Kier molecular flexibility index (Phi) is 8.25. The molecule has 7 nitrogen and oxygen atoms in total. The number of nitrogens with one attached hydrogen (secondary N) is 1. The summed E-state index contributed by atoms with van der Waals surface area (Å²) >= 11 is 0. The molecule has 3 aromatic rings. The SMILES string of the molecule is Cc1cccc(C)c1-c1cncc(C(CC(=O)O)NC(=O)C(CC(C)C)N2C(=O)CCc3ccccc32)c1. The van der Waals surface area contributed by atoms with Crippen molar-refractivity contribution in [1.82, 2.24) is 10.3 Å². The molecule has 2 N–H and O–H groups in total. The van der Waals surface area contributed by atoms with Crippen molar-refractivity contribution < 1.29 is 19.5 Å².